The Morgan fingerprint density at radius 1 is 1.47 bits per heavy atom. The third-order valence-corrected chi connectivity index (χ3v) is 3.10. The number of hydrogen-bond acceptors (Lipinski definition) is 2. The van der Waals surface area contributed by atoms with E-state index in [1.54, 1.807) is 6.21 Å². The molecule has 1 aliphatic carbocycles. The number of nitrogens with zero attached hydrogens (tertiary/aromatic N) is 1. The summed E-state index contributed by atoms with van der Waals surface area (Å²) >= 11 is 11.1. The fourth-order valence-electron chi connectivity index (χ4n) is 1.34. The van der Waals surface area contributed by atoms with Crippen molar-refractivity contribution in [3.05, 3.63) is 34.9 Å². The summed E-state index contributed by atoms with van der Waals surface area (Å²) < 4.78 is 0. The van der Waals surface area contributed by atoms with E-state index in [1.165, 1.54) is 12.8 Å². The summed E-state index contributed by atoms with van der Waals surface area (Å²) in [5, 5.41) is 8.39. The van der Waals surface area contributed by atoms with E-state index in [0.29, 0.717) is 10.1 Å². The third kappa shape index (κ3) is 4.32. The second-order valence-corrected chi connectivity index (χ2v) is 4.86. The largest absolute Gasteiger partial charge is 0.361 e. The van der Waals surface area contributed by atoms with Gasteiger partial charge in [-0.2, -0.15) is 5.10 Å². The van der Waals surface area contributed by atoms with Gasteiger partial charge in [0.25, 0.3) is 0 Å². The first-order valence-electron chi connectivity index (χ1n) is 5.57. The Kier molecular flexibility index (Phi) is 4.34. The molecule has 0 heterocycles. The summed E-state index contributed by atoms with van der Waals surface area (Å²) in [6.45, 7) is 0.938. The number of rotatable bonds is 4. The smallest absolute Gasteiger partial charge is 0.186 e. The first-order chi connectivity index (χ1) is 8.25. The van der Waals surface area contributed by atoms with Crippen molar-refractivity contribution < 1.29 is 0 Å². The molecule has 0 radical (unpaired) electrons. The van der Waals surface area contributed by atoms with Gasteiger partial charge in [0.1, 0.15) is 0 Å². The molecule has 0 saturated heterocycles. The van der Waals surface area contributed by atoms with E-state index in [0.717, 1.165) is 18.0 Å². The minimum Gasteiger partial charge on any atom is -0.361 e. The molecule has 0 unspecified atom stereocenters. The molecule has 17 heavy (non-hydrogen) atoms. The zero-order valence-electron chi connectivity index (χ0n) is 9.32. The van der Waals surface area contributed by atoms with Crippen molar-refractivity contribution in [3.8, 4) is 0 Å². The Morgan fingerprint density at radius 3 is 2.94 bits per heavy atom. The highest BCUT2D eigenvalue weighted by molar-refractivity contribution is 7.80. The fraction of sp³-hybridized carbons (Fsp3) is 0.333. The van der Waals surface area contributed by atoms with Crippen molar-refractivity contribution in [1.82, 2.24) is 10.7 Å². The maximum Gasteiger partial charge on any atom is 0.186 e. The molecule has 2 rings (SSSR count). The van der Waals surface area contributed by atoms with Gasteiger partial charge in [0.2, 0.25) is 0 Å². The van der Waals surface area contributed by atoms with E-state index in [-0.39, 0.29) is 0 Å². The number of hydrazone groups is 1. The number of hydrogen-bond donors (Lipinski definition) is 2. The summed E-state index contributed by atoms with van der Waals surface area (Å²) in [5.74, 6) is 0.794. The zero-order valence-corrected chi connectivity index (χ0v) is 10.9. The lowest BCUT2D eigenvalue weighted by Gasteiger charge is -2.05. The van der Waals surface area contributed by atoms with Gasteiger partial charge in [-0.1, -0.05) is 29.8 Å². The maximum atomic E-state index is 5.98. The minimum absolute atomic E-state index is 0.556. The molecule has 1 aromatic carbocycles. The molecule has 2 N–H and O–H groups in total. The van der Waals surface area contributed by atoms with Crippen LogP contribution < -0.4 is 10.7 Å². The van der Waals surface area contributed by atoms with Gasteiger partial charge >= 0.3 is 0 Å². The van der Waals surface area contributed by atoms with Crippen LogP contribution in [0.4, 0.5) is 0 Å². The van der Waals surface area contributed by atoms with E-state index >= 15 is 0 Å². The van der Waals surface area contributed by atoms with E-state index in [2.05, 4.69) is 15.8 Å². The van der Waals surface area contributed by atoms with Gasteiger partial charge in [0.15, 0.2) is 5.11 Å². The lowest BCUT2D eigenvalue weighted by atomic mass is 10.2. The number of halogens is 1. The molecule has 0 amide bonds. The van der Waals surface area contributed by atoms with Crippen molar-refractivity contribution in [2.45, 2.75) is 12.8 Å². The molecule has 0 spiro atoms. The minimum atomic E-state index is 0.556. The summed E-state index contributed by atoms with van der Waals surface area (Å²) in [6.07, 6.45) is 4.27. The lowest BCUT2D eigenvalue weighted by molar-refractivity contribution is 0.759. The van der Waals surface area contributed by atoms with E-state index < -0.39 is 0 Å². The number of thiocarbonyl (C=S) groups is 1. The highest BCUT2D eigenvalue weighted by Crippen LogP contribution is 2.27. The SMILES string of the molecule is S=C(NCC1CC1)NN=Cc1ccccc1Cl. The molecule has 0 aliphatic heterocycles. The van der Waals surface area contributed by atoms with Gasteiger partial charge in [-0.25, -0.2) is 0 Å². The van der Waals surface area contributed by atoms with Crippen LogP contribution in [0, 0.1) is 5.92 Å². The second kappa shape index (κ2) is 5.98. The van der Waals surface area contributed by atoms with Crippen molar-refractivity contribution in [1.29, 1.82) is 0 Å². The average Bonchev–Trinajstić information content (AvgIpc) is 3.13. The summed E-state index contributed by atoms with van der Waals surface area (Å²) in [4.78, 5) is 0. The molecule has 0 aromatic heterocycles. The summed E-state index contributed by atoms with van der Waals surface area (Å²) in [5.41, 5.74) is 3.64. The summed E-state index contributed by atoms with van der Waals surface area (Å²) in [7, 11) is 0. The molecule has 3 nitrogen and oxygen atoms in total. The number of nitrogens with one attached hydrogen (secondary N) is 2. The Hall–Kier alpha value is -1.13. The second-order valence-electron chi connectivity index (χ2n) is 4.04. The predicted molar refractivity (Wildman–Crippen MR) is 75.5 cm³/mol. The van der Waals surface area contributed by atoms with E-state index in [9.17, 15) is 0 Å². The molecular weight excluding hydrogens is 254 g/mol. The zero-order chi connectivity index (χ0) is 12.1. The molecule has 1 saturated carbocycles. The lowest BCUT2D eigenvalue weighted by Crippen LogP contribution is -2.33. The van der Waals surface area contributed by atoms with Gasteiger partial charge < -0.3 is 5.32 Å². The molecular formula is C12H14ClN3S. The van der Waals surface area contributed by atoms with Crippen molar-refractivity contribution in [2.75, 3.05) is 6.54 Å². The molecule has 1 fully saturated rings. The topological polar surface area (TPSA) is 36.4 Å². The first kappa shape index (κ1) is 12.3. The molecule has 0 bridgehead atoms. The summed E-state index contributed by atoms with van der Waals surface area (Å²) in [6, 6.07) is 7.52. The normalized spacial score (nSPS) is 14.9. The van der Waals surface area contributed by atoms with Gasteiger partial charge in [0.05, 0.1) is 6.21 Å². The fourth-order valence-corrected chi connectivity index (χ4v) is 1.66. The maximum absolute atomic E-state index is 5.98. The van der Waals surface area contributed by atoms with Crippen molar-refractivity contribution in [2.24, 2.45) is 11.0 Å². The molecule has 1 aromatic rings. The van der Waals surface area contributed by atoms with Crippen molar-refractivity contribution in [3.63, 3.8) is 0 Å². The Balaban J connectivity index is 1.76. The first-order valence-corrected chi connectivity index (χ1v) is 6.36. The Morgan fingerprint density at radius 2 is 2.24 bits per heavy atom. The van der Waals surface area contributed by atoms with Crippen LogP contribution in [0.3, 0.4) is 0 Å². The highest BCUT2D eigenvalue weighted by Gasteiger charge is 2.20. The van der Waals surface area contributed by atoms with Crippen LogP contribution in [0.15, 0.2) is 29.4 Å². The van der Waals surface area contributed by atoms with Crippen LogP contribution in [0.25, 0.3) is 0 Å². The monoisotopic (exact) mass is 267 g/mol. The molecule has 1 aliphatic rings. The predicted octanol–water partition coefficient (Wildman–Crippen LogP) is 2.55. The van der Waals surface area contributed by atoms with E-state index in [4.69, 9.17) is 23.8 Å². The van der Waals surface area contributed by atoms with Gasteiger partial charge in [0, 0.05) is 17.1 Å². The van der Waals surface area contributed by atoms with Gasteiger partial charge in [-0.15, -0.1) is 0 Å². The van der Waals surface area contributed by atoms with E-state index in [1.807, 2.05) is 24.3 Å². The van der Waals surface area contributed by atoms with Crippen LogP contribution in [-0.2, 0) is 0 Å². The standard InChI is InChI=1S/C12H14ClN3S/c13-11-4-2-1-3-10(11)8-15-16-12(17)14-7-9-5-6-9/h1-4,8-9H,5-7H2,(H2,14,16,17). The quantitative estimate of drug-likeness (QED) is 0.500. The molecule has 0 atom stereocenters. The van der Waals surface area contributed by atoms with Crippen LogP contribution in [0.5, 0.6) is 0 Å². The average molecular weight is 268 g/mol. The van der Waals surface area contributed by atoms with Crippen molar-refractivity contribution >= 4 is 35.1 Å². The van der Waals surface area contributed by atoms with Crippen LogP contribution in [0.2, 0.25) is 5.02 Å². The third-order valence-electron chi connectivity index (χ3n) is 2.52. The van der Waals surface area contributed by atoms with Gasteiger partial charge in [-0.3, -0.25) is 5.43 Å². The molecule has 5 heteroatoms. The molecule has 90 valence electrons. The number of benzene rings is 1. The van der Waals surface area contributed by atoms with Crippen LogP contribution >= 0.6 is 23.8 Å². The van der Waals surface area contributed by atoms with Crippen LogP contribution in [0.1, 0.15) is 18.4 Å². The van der Waals surface area contributed by atoms with Gasteiger partial charge in [-0.05, 0) is 37.0 Å². The Labute approximate surface area is 111 Å². The van der Waals surface area contributed by atoms with Crippen LogP contribution in [-0.4, -0.2) is 17.9 Å². The highest BCUT2D eigenvalue weighted by atomic mass is 35.5. The Bertz CT molecular complexity index is 430.